The molecule has 9 heteroatoms. The highest BCUT2D eigenvalue weighted by Crippen LogP contribution is 2.32. The first kappa shape index (κ1) is 23.5. The first-order valence-electron chi connectivity index (χ1n) is 10.7. The molecule has 4 aromatic carbocycles. The quantitative estimate of drug-likeness (QED) is 0.302. The van der Waals surface area contributed by atoms with Crippen LogP contribution in [0.25, 0.3) is 10.8 Å². The first-order chi connectivity index (χ1) is 17.3. The predicted octanol–water partition coefficient (Wildman–Crippen LogP) is 6.32. The number of amides is 3. The Kier molecular flexibility index (Phi) is 6.18. The van der Waals surface area contributed by atoms with Crippen molar-refractivity contribution in [1.29, 1.82) is 0 Å². The number of anilines is 3. The Labute approximate surface area is 214 Å². The molecule has 0 aromatic heterocycles. The average Bonchev–Trinajstić information content (AvgIpc) is 3.09. The fraction of sp³-hybridized carbons (Fsp3) is 0. The number of rotatable bonds is 5. The highest BCUT2D eigenvalue weighted by atomic mass is 35.5. The molecule has 4 aromatic rings. The number of carbonyl (C=O) groups excluding carboxylic acids is 3. The van der Waals surface area contributed by atoms with Crippen LogP contribution in [0.15, 0.2) is 95.7 Å². The summed E-state index contributed by atoms with van der Waals surface area (Å²) in [6.45, 7) is 0. The molecule has 0 fully saturated rings. The summed E-state index contributed by atoms with van der Waals surface area (Å²) in [7, 11) is 0. The summed E-state index contributed by atoms with van der Waals surface area (Å²) in [4.78, 5) is 39.4. The van der Waals surface area contributed by atoms with E-state index in [1.165, 1.54) is 12.1 Å². The van der Waals surface area contributed by atoms with Gasteiger partial charge in [0.15, 0.2) is 0 Å². The highest BCUT2D eigenvalue weighted by molar-refractivity contribution is 6.53. The van der Waals surface area contributed by atoms with Gasteiger partial charge < -0.3 is 10.6 Å². The third-order valence-electron chi connectivity index (χ3n) is 5.62. The molecule has 1 aliphatic rings. The van der Waals surface area contributed by atoms with E-state index in [1.54, 1.807) is 18.2 Å². The zero-order valence-electron chi connectivity index (χ0n) is 18.4. The lowest BCUT2D eigenvalue weighted by molar-refractivity contribution is -0.120. The second-order valence-corrected chi connectivity index (χ2v) is 8.70. The van der Waals surface area contributed by atoms with Crippen molar-refractivity contribution in [3.05, 3.63) is 112 Å². The largest absolute Gasteiger partial charge is 0.350 e. The van der Waals surface area contributed by atoms with Gasteiger partial charge in [0.05, 0.1) is 10.7 Å². The monoisotopic (exact) mass is 519 g/mol. The Morgan fingerprint density at radius 2 is 1.58 bits per heavy atom. The van der Waals surface area contributed by atoms with E-state index >= 15 is 0 Å². The fourth-order valence-corrected chi connectivity index (χ4v) is 4.27. The van der Waals surface area contributed by atoms with E-state index in [-0.39, 0.29) is 27.3 Å². The van der Waals surface area contributed by atoms with Gasteiger partial charge in [0.2, 0.25) is 0 Å². The van der Waals surface area contributed by atoms with Crippen LogP contribution in [0.4, 0.5) is 21.5 Å². The van der Waals surface area contributed by atoms with Crippen LogP contribution in [0.1, 0.15) is 10.4 Å². The van der Waals surface area contributed by atoms with Gasteiger partial charge in [-0.1, -0.05) is 65.7 Å². The molecule has 1 aliphatic heterocycles. The van der Waals surface area contributed by atoms with E-state index in [9.17, 15) is 18.8 Å². The lowest BCUT2D eigenvalue weighted by Gasteiger charge is -2.15. The molecule has 3 amide bonds. The second kappa shape index (κ2) is 9.45. The highest BCUT2D eigenvalue weighted by Gasteiger charge is 2.39. The van der Waals surface area contributed by atoms with E-state index in [0.717, 1.165) is 27.8 Å². The molecular weight excluding hydrogens is 504 g/mol. The molecule has 0 aliphatic carbocycles. The van der Waals surface area contributed by atoms with Gasteiger partial charge in [-0.25, -0.2) is 9.29 Å². The SMILES string of the molecule is O=C(Nc1cccc2ccccc12)c1cccc(NC2=C(Cl)C(=O)N(c3ccc(F)c(Cl)c3)C2=O)c1. The topological polar surface area (TPSA) is 78.5 Å². The molecular formula is C27H16Cl2FN3O3. The molecule has 0 spiro atoms. The van der Waals surface area contributed by atoms with Gasteiger partial charge in [0.25, 0.3) is 17.7 Å². The number of imide groups is 1. The van der Waals surface area contributed by atoms with Crippen molar-refractivity contribution in [3.8, 4) is 0 Å². The molecule has 6 nitrogen and oxygen atoms in total. The van der Waals surface area contributed by atoms with E-state index in [0.29, 0.717) is 16.9 Å². The van der Waals surface area contributed by atoms with Gasteiger partial charge >= 0.3 is 0 Å². The number of carbonyl (C=O) groups is 3. The summed E-state index contributed by atoms with van der Waals surface area (Å²) in [6.07, 6.45) is 0. The Hall–Kier alpha value is -4.20. The second-order valence-electron chi connectivity index (χ2n) is 7.92. The molecule has 0 atom stereocenters. The number of hydrogen-bond donors (Lipinski definition) is 2. The van der Waals surface area contributed by atoms with E-state index in [4.69, 9.17) is 23.2 Å². The van der Waals surface area contributed by atoms with Crippen LogP contribution in [0, 0.1) is 5.82 Å². The predicted molar refractivity (Wildman–Crippen MR) is 139 cm³/mol. The Morgan fingerprint density at radius 3 is 2.39 bits per heavy atom. The van der Waals surface area contributed by atoms with E-state index < -0.39 is 17.6 Å². The Morgan fingerprint density at radius 1 is 0.833 bits per heavy atom. The van der Waals surface area contributed by atoms with Crippen LogP contribution in [-0.4, -0.2) is 17.7 Å². The maximum Gasteiger partial charge on any atom is 0.283 e. The lowest BCUT2D eigenvalue weighted by Crippen LogP contribution is -2.32. The number of halogens is 3. The van der Waals surface area contributed by atoms with Crippen molar-refractivity contribution in [2.24, 2.45) is 0 Å². The van der Waals surface area contributed by atoms with Crippen LogP contribution in [0.5, 0.6) is 0 Å². The van der Waals surface area contributed by atoms with E-state index in [1.807, 2.05) is 42.5 Å². The van der Waals surface area contributed by atoms with Crippen LogP contribution in [0.2, 0.25) is 5.02 Å². The van der Waals surface area contributed by atoms with Gasteiger partial charge in [-0.15, -0.1) is 0 Å². The molecule has 0 unspecified atom stereocenters. The Balaban J connectivity index is 1.37. The van der Waals surface area contributed by atoms with Crippen molar-refractivity contribution >= 4 is 68.8 Å². The van der Waals surface area contributed by atoms with E-state index in [2.05, 4.69) is 10.6 Å². The zero-order valence-corrected chi connectivity index (χ0v) is 19.9. The van der Waals surface area contributed by atoms with Crippen LogP contribution in [-0.2, 0) is 9.59 Å². The van der Waals surface area contributed by atoms with Crippen molar-refractivity contribution in [3.63, 3.8) is 0 Å². The normalized spacial score (nSPS) is 13.5. The summed E-state index contributed by atoms with van der Waals surface area (Å²) in [5, 5.41) is 7.05. The molecule has 1 heterocycles. The van der Waals surface area contributed by atoms with Crippen molar-refractivity contribution in [2.45, 2.75) is 0 Å². The smallest absolute Gasteiger partial charge is 0.283 e. The number of nitrogens with zero attached hydrogens (tertiary/aromatic N) is 1. The third kappa shape index (κ3) is 4.30. The van der Waals surface area contributed by atoms with Crippen molar-refractivity contribution in [2.75, 3.05) is 15.5 Å². The minimum atomic E-state index is -0.781. The number of nitrogens with one attached hydrogen (secondary N) is 2. The molecule has 5 rings (SSSR count). The summed E-state index contributed by atoms with van der Waals surface area (Å²) in [6, 6.07) is 23.2. The molecule has 0 saturated heterocycles. The third-order valence-corrected chi connectivity index (χ3v) is 6.26. The van der Waals surface area contributed by atoms with Gasteiger partial charge in [0, 0.05) is 22.3 Å². The zero-order chi connectivity index (χ0) is 25.4. The summed E-state index contributed by atoms with van der Waals surface area (Å²) >= 11 is 12.0. The van der Waals surface area contributed by atoms with Gasteiger partial charge in [-0.05, 0) is 47.9 Å². The molecule has 36 heavy (non-hydrogen) atoms. The van der Waals surface area contributed by atoms with Gasteiger partial charge in [0.1, 0.15) is 16.5 Å². The molecule has 178 valence electrons. The minimum Gasteiger partial charge on any atom is -0.350 e. The molecule has 0 bridgehead atoms. The first-order valence-corrected chi connectivity index (χ1v) is 11.5. The van der Waals surface area contributed by atoms with Crippen molar-refractivity contribution in [1.82, 2.24) is 0 Å². The van der Waals surface area contributed by atoms with Crippen LogP contribution >= 0.6 is 23.2 Å². The maximum absolute atomic E-state index is 13.5. The maximum atomic E-state index is 13.5. The summed E-state index contributed by atoms with van der Waals surface area (Å²) in [5.41, 5.74) is 1.26. The number of hydrogen-bond acceptors (Lipinski definition) is 4. The summed E-state index contributed by atoms with van der Waals surface area (Å²) < 4.78 is 13.5. The summed E-state index contributed by atoms with van der Waals surface area (Å²) in [5.74, 6) is -2.56. The molecule has 2 N–H and O–H groups in total. The average molecular weight is 520 g/mol. The number of benzene rings is 4. The molecule has 0 radical (unpaired) electrons. The minimum absolute atomic E-state index is 0.0783. The Bertz CT molecular complexity index is 1600. The van der Waals surface area contributed by atoms with Gasteiger partial charge in [-0.3, -0.25) is 14.4 Å². The fourth-order valence-electron chi connectivity index (χ4n) is 3.88. The van der Waals surface area contributed by atoms with Crippen LogP contribution in [0.3, 0.4) is 0 Å². The van der Waals surface area contributed by atoms with Gasteiger partial charge in [-0.2, -0.15) is 0 Å². The van der Waals surface area contributed by atoms with Crippen LogP contribution < -0.4 is 15.5 Å². The van der Waals surface area contributed by atoms with Crippen molar-refractivity contribution < 1.29 is 18.8 Å². The molecule has 0 saturated carbocycles. The number of fused-ring (bicyclic) bond motifs is 1. The standard InChI is InChI=1S/C27H16Cl2FN3O3/c28-20-14-18(11-12-21(20)30)33-26(35)23(29)24(27(33)36)31-17-8-3-7-16(13-17)25(34)32-22-10-4-6-15-5-1-2-9-19(15)22/h1-14,31H,(H,32,34). The lowest BCUT2D eigenvalue weighted by atomic mass is 10.1.